The Balaban J connectivity index is 1.17. The third-order valence-corrected chi connectivity index (χ3v) is 8.98. The summed E-state index contributed by atoms with van der Waals surface area (Å²) < 4.78 is 0. The number of anilines is 1. The number of hydrogen-bond acceptors (Lipinski definition) is 7. The number of hydrogen-bond donors (Lipinski definition) is 1. The lowest BCUT2D eigenvalue weighted by Gasteiger charge is -2.40. The van der Waals surface area contributed by atoms with Gasteiger partial charge in [0, 0.05) is 75.1 Å². The van der Waals surface area contributed by atoms with Gasteiger partial charge in [0.25, 0.3) is 5.91 Å². The number of benzene rings is 1. The second kappa shape index (κ2) is 12.8. The number of halogens is 1. The van der Waals surface area contributed by atoms with Crippen molar-refractivity contribution < 1.29 is 24.3 Å². The number of carboxylic acids is 1. The predicted molar refractivity (Wildman–Crippen MR) is 161 cm³/mol. The van der Waals surface area contributed by atoms with Crippen molar-refractivity contribution in [3.8, 4) is 0 Å². The molecule has 228 valence electrons. The Morgan fingerprint density at radius 1 is 1.02 bits per heavy atom. The average Bonchev–Trinajstić information content (AvgIpc) is 3.50. The van der Waals surface area contributed by atoms with Gasteiger partial charge in [0.15, 0.2) is 0 Å². The van der Waals surface area contributed by atoms with Gasteiger partial charge in [0.05, 0.1) is 29.3 Å². The molecule has 5 rings (SSSR count). The normalized spacial score (nSPS) is 18.3. The predicted octanol–water partition coefficient (Wildman–Crippen LogP) is 3.07. The minimum absolute atomic E-state index is 0.0619. The molecule has 0 bridgehead atoms. The highest BCUT2D eigenvalue weighted by atomic mass is 35.5. The van der Waals surface area contributed by atoms with E-state index in [4.69, 9.17) is 16.7 Å². The van der Waals surface area contributed by atoms with E-state index in [0.717, 1.165) is 37.3 Å². The molecule has 0 saturated carbocycles. The van der Waals surface area contributed by atoms with Crippen LogP contribution >= 0.6 is 11.6 Å². The highest BCUT2D eigenvalue weighted by Crippen LogP contribution is 2.32. The second-order valence-corrected chi connectivity index (χ2v) is 12.1. The van der Waals surface area contributed by atoms with Crippen LogP contribution in [-0.4, -0.2) is 99.3 Å². The molecule has 12 heteroatoms. The molecule has 4 heterocycles. The van der Waals surface area contributed by atoms with Crippen LogP contribution in [0.5, 0.6) is 0 Å². The first-order chi connectivity index (χ1) is 20.5. The fraction of sp³-hybridized carbons (Fsp3) is 0.484. The van der Waals surface area contributed by atoms with Crippen LogP contribution in [0.15, 0.2) is 36.3 Å². The molecular formula is C31H37ClN6O5. The van der Waals surface area contributed by atoms with Crippen molar-refractivity contribution in [2.45, 2.75) is 40.0 Å². The molecule has 3 amide bonds. The first-order valence-corrected chi connectivity index (χ1v) is 15.0. The van der Waals surface area contributed by atoms with Gasteiger partial charge in [-0.05, 0) is 50.5 Å². The third-order valence-electron chi connectivity index (χ3n) is 8.57. The van der Waals surface area contributed by atoms with Gasteiger partial charge < -0.3 is 19.8 Å². The van der Waals surface area contributed by atoms with Gasteiger partial charge in [-0.3, -0.25) is 24.1 Å². The molecule has 2 saturated heterocycles. The van der Waals surface area contributed by atoms with E-state index in [2.05, 4.69) is 14.9 Å². The van der Waals surface area contributed by atoms with E-state index in [1.807, 2.05) is 39.1 Å². The molecule has 1 aromatic heterocycles. The van der Waals surface area contributed by atoms with Gasteiger partial charge in [-0.25, -0.2) is 9.97 Å². The summed E-state index contributed by atoms with van der Waals surface area (Å²) in [6.07, 6.45) is 3.92. The van der Waals surface area contributed by atoms with Crippen LogP contribution in [0, 0.1) is 32.6 Å². The molecule has 2 fully saturated rings. The third kappa shape index (κ3) is 6.73. The minimum Gasteiger partial charge on any atom is -0.481 e. The summed E-state index contributed by atoms with van der Waals surface area (Å²) in [7, 11) is 0. The number of carbonyl (C=O) groups is 4. The Morgan fingerprint density at radius 2 is 1.74 bits per heavy atom. The zero-order valence-corrected chi connectivity index (χ0v) is 25.5. The summed E-state index contributed by atoms with van der Waals surface area (Å²) in [6.45, 7) is 9.70. The maximum absolute atomic E-state index is 13.6. The van der Waals surface area contributed by atoms with Crippen LogP contribution in [0.1, 0.15) is 46.6 Å². The second-order valence-electron chi connectivity index (χ2n) is 11.7. The van der Waals surface area contributed by atoms with E-state index < -0.39 is 5.97 Å². The lowest BCUT2D eigenvalue weighted by atomic mass is 9.97. The zero-order chi connectivity index (χ0) is 30.8. The molecule has 1 atom stereocenters. The molecule has 1 N–H and O–H groups in total. The highest BCUT2D eigenvalue weighted by Gasteiger charge is 2.39. The SMILES string of the molecule is Cc1ccc(N(CCCN2CC3=CN(C(=O)c4c(C)ncnc4C)CC3C2)C(=O)C2CN(C(=O)CCC(=O)O)C2)cc1Cl. The van der Waals surface area contributed by atoms with Crippen molar-refractivity contribution in [1.29, 1.82) is 0 Å². The molecule has 0 spiro atoms. The summed E-state index contributed by atoms with van der Waals surface area (Å²) in [6, 6.07) is 5.60. The van der Waals surface area contributed by atoms with E-state index in [1.165, 1.54) is 11.9 Å². The fourth-order valence-electron chi connectivity index (χ4n) is 6.05. The summed E-state index contributed by atoms with van der Waals surface area (Å²) in [5.74, 6) is -1.44. The van der Waals surface area contributed by atoms with Gasteiger partial charge in [0.2, 0.25) is 11.8 Å². The van der Waals surface area contributed by atoms with E-state index >= 15 is 0 Å². The Bertz CT molecular complexity index is 1450. The van der Waals surface area contributed by atoms with Crippen molar-refractivity contribution in [3.63, 3.8) is 0 Å². The average molecular weight is 609 g/mol. The van der Waals surface area contributed by atoms with E-state index in [1.54, 1.807) is 20.8 Å². The quantitative estimate of drug-likeness (QED) is 0.436. The van der Waals surface area contributed by atoms with Gasteiger partial charge in [-0.1, -0.05) is 17.7 Å². The molecule has 2 aromatic rings. The van der Waals surface area contributed by atoms with E-state index in [9.17, 15) is 19.2 Å². The van der Waals surface area contributed by atoms with Crippen molar-refractivity contribution >= 4 is 41.0 Å². The van der Waals surface area contributed by atoms with Crippen molar-refractivity contribution in [3.05, 3.63) is 63.8 Å². The fourth-order valence-corrected chi connectivity index (χ4v) is 6.22. The summed E-state index contributed by atoms with van der Waals surface area (Å²) in [5.41, 5.74) is 4.82. The largest absolute Gasteiger partial charge is 0.481 e. The van der Waals surface area contributed by atoms with Gasteiger partial charge >= 0.3 is 5.97 Å². The van der Waals surface area contributed by atoms with Crippen LogP contribution in [0.25, 0.3) is 0 Å². The number of carboxylic acid groups (broad SMARTS) is 1. The van der Waals surface area contributed by atoms with Crippen LogP contribution in [0.2, 0.25) is 5.02 Å². The highest BCUT2D eigenvalue weighted by molar-refractivity contribution is 6.31. The van der Waals surface area contributed by atoms with E-state index in [-0.39, 0.29) is 42.4 Å². The monoisotopic (exact) mass is 608 g/mol. The molecular weight excluding hydrogens is 572 g/mol. The Morgan fingerprint density at radius 3 is 2.40 bits per heavy atom. The van der Waals surface area contributed by atoms with Gasteiger partial charge in [-0.2, -0.15) is 0 Å². The Hall–Kier alpha value is -3.83. The number of amides is 3. The number of aromatic nitrogens is 2. The standard InChI is InChI=1S/C31H37ClN6O5/c1-19-5-6-25(11-26(19)32)38(30(42)24-16-36(17-24)27(39)7-8-28(40)41)10-4-9-35-12-22-14-37(15-23(22)13-35)31(43)29-20(2)33-18-34-21(29)3/h5-6,11,14,18,23-24H,4,7-10,12-13,15-17H2,1-3H3,(H,40,41). The number of aryl methyl sites for hydroxylation is 3. The summed E-state index contributed by atoms with van der Waals surface area (Å²) >= 11 is 6.41. The summed E-state index contributed by atoms with van der Waals surface area (Å²) in [5, 5.41) is 9.43. The molecule has 1 aromatic carbocycles. The summed E-state index contributed by atoms with van der Waals surface area (Å²) in [4.78, 5) is 65.7. The van der Waals surface area contributed by atoms with Crippen LogP contribution in [-0.2, 0) is 14.4 Å². The first-order valence-electron chi connectivity index (χ1n) is 14.6. The molecule has 1 unspecified atom stereocenters. The van der Waals surface area contributed by atoms with E-state index in [0.29, 0.717) is 48.2 Å². The van der Waals surface area contributed by atoms with Crippen molar-refractivity contribution in [2.75, 3.05) is 50.7 Å². The van der Waals surface area contributed by atoms with Gasteiger partial charge in [-0.15, -0.1) is 0 Å². The molecule has 3 aliphatic heterocycles. The van der Waals surface area contributed by atoms with Crippen LogP contribution in [0.4, 0.5) is 5.69 Å². The van der Waals surface area contributed by atoms with Crippen molar-refractivity contribution in [1.82, 2.24) is 24.7 Å². The molecule has 3 aliphatic rings. The van der Waals surface area contributed by atoms with Crippen LogP contribution in [0.3, 0.4) is 0 Å². The van der Waals surface area contributed by atoms with Crippen LogP contribution < -0.4 is 4.90 Å². The Labute approximate surface area is 256 Å². The minimum atomic E-state index is -1.01. The zero-order valence-electron chi connectivity index (χ0n) is 24.8. The lowest BCUT2D eigenvalue weighted by Crippen LogP contribution is -2.56. The Kier molecular flexibility index (Phi) is 9.12. The molecule has 43 heavy (non-hydrogen) atoms. The number of aliphatic carboxylic acids is 1. The lowest BCUT2D eigenvalue weighted by molar-refractivity contribution is -0.146. The smallest absolute Gasteiger partial charge is 0.303 e. The number of nitrogens with zero attached hydrogens (tertiary/aromatic N) is 6. The first kappa shape index (κ1) is 30.6. The van der Waals surface area contributed by atoms with Gasteiger partial charge in [0.1, 0.15) is 6.33 Å². The maximum atomic E-state index is 13.6. The number of carbonyl (C=O) groups excluding carboxylic acids is 3. The number of likely N-dealkylation sites (tertiary alicyclic amines) is 2. The molecule has 0 aliphatic carbocycles. The molecule has 11 nitrogen and oxygen atoms in total. The number of rotatable bonds is 10. The maximum Gasteiger partial charge on any atom is 0.303 e. The van der Waals surface area contributed by atoms with Crippen molar-refractivity contribution in [2.24, 2.45) is 11.8 Å². The molecule has 0 radical (unpaired) electrons. The number of fused-ring (bicyclic) bond motifs is 1. The topological polar surface area (TPSA) is 127 Å².